The van der Waals surface area contributed by atoms with Gasteiger partial charge in [-0.2, -0.15) is 8.42 Å². The lowest BCUT2D eigenvalue weighted by Crippen LogP contribution is -2.10. The van der Waals surface area contributed by atoms with Gasteiger partial charge in [0.2, 0.25) is 0 Å². The van der Waals surface area contributed by atoms with Crippen LogP contribution in [0.1, 0.15) is 5.56 Å². The van der Waals surface area contributed by atoms with Crippen LogP contribution in [0.2, 0.25) is 0 Å². The van der Waals surface area contributed by atoms with E-state index in [1.165, 1.54) is 12.1 Å². The van der Waals surface area contributed by atoms with Gasteiger partial charge < -0.3 is 9.29 Å². The number of halogens is 2. The summed E-state index contributed by atoms with van der Waals surface area (Å²) >= 11 is 6.47. The molecule has 0 atom stereocenters. The van der Waals surface area contributed by atoms with Crippen molar-refractivity contribution in [3.63, 3.8) is 0 Å². The van der Waals surface area contributed by atoms with Gasteiger partial charge in [-0.3, -0.25) is 0 Å². The van der Waals surface area contributed by atoms with Gasteiger partial charge in [-0.15, -0.1) is 0 Å². The molecule has 0 aliphatic heterocycles. The molecular formula is C13H10Br2O4S. The van der Waals surface area contributed by atoms with Crippen LogP contribution in [0.4, 0.5) is 0 Å². The van der Waals surface area contributed by atoms with Gasteiger partial charge in [0.15, 0.2) is 5.75 Å². The van der Waals surface area contributed by atoms with Crippen LogP contribution in [0.25, 0.3) is 0 Å². The quantitative estimate of drug-likeness (QED) is 0.767. The molecule has 0 spiro atoms. The molecule has 4 nitrogen and oxygen atoms in total. The predicted octanol–water partition coefficient (Wildman–Crippen LogP) is 3.47. The van der Waals surface area contributed by atoms with Gasteiger partial charge >= 0.3 is 10.1 Å². The van der Waals surface area contributed by atoms with Crippen LogP contribution in [0.3, 0.4) is 0 Å². The average Bonchev–Trinajstić information content (AvgIpc) is 2.43. The maximum absolute atomic E-state index is 12.1. The highest BCUT2D eigenvalue weighted by Crippen LogP contribution is 2.36. The van der Waals surface area contributed by atoms with Crippen molar-refractivity contribution in [3.8, 4) is 5.75 Å². The summed E-state index contributed by atoms with van der Waals surface area (Å²) in [7, 11) is -3.90. The molecule has 0 aromatic heterocycles. The van der Waals surface area contributed by atoms with Gasteiger partial charge in [0.25, 0.3) is 0 Å². The Morgan fingerprint density at radius 1 is 1.05 bits per heavy atom. The standard InChI is InChI=1S/C13H10Br2O4S/c14-11-6-9(8-16)7-12(15)13(11)19-20(17,18)10-4-2-1-3-5-10/h1-7,16H,8H2. The minimum atomic E-state index is -3.90. The highest BCUT2D eigenvalue weighted by Gasteiger charge is 2.20. The summed E-state index contributed by atoms with van der Waals surface area (Å²) in [6.45, 7) is -0.150. The Kier molecular flexibility index (Phi) is 4.85. The summed E-state index contributed by atoms with van der Waals surface area (Å²) in [5, 5.41) is 9.09. The van der Waals surface area contributed by atoms with Gasteiger partial charge in [-0.25, -0.2) is 0 Å². The van der Waals surface area contributed by atoms with E-state index in [0.717, 1.165) is 0 Å². The van der Waals surface area contributed by atoms with Gasteiger partial charge in [0, 0.05) is 0 Å². The molecule has 7 heteroatoms. The zero-order valence-corrected chi connectivity index (χ0v) is 14.1. The lowest BCUT2D eigenvalue weighted by Gasteiger charge is -2.11. The summed E-state index contributed by atoms with van der Waals surface area (Å²) in [5.74, 6) is 0.144. The van der Waals surface area contributed by atoms with E-state index in [-0.39, 0.29) is 17.3 Å². The minimum Gasteiger partial charge on any atom is -0.392 e. The Bertz CT molecular complexity index is 691. The maximum Gasteiger partial charge on any atom is 0.339 e. The minimum absolute atomic E-state index is 0.0741. The fourth-order valence-corrected chi connectivity index (χ4v) is 4.17. The zero-order valence-electron chi connectivity index (χ0n) is 10.1. The van der Waals surface area contributed by atoms with Crippen molar-refractivity contribution in [2.75, 3.05) is 0 Å². The topological polar surface area (TPSA) is 63.6 Å². The first kappa shape index (κ1) is 15.5. The van der Waals surface area contributed by atoms with Crippen LogP contribution >= 0.6 is 31.9 Å². The average molecular weight is 422 g/mol. The first-order valence-electron chi connectivity index (χ1n) is 5.52. The van der Waals surface area contributed by atoms with Crippen molar-refractivity contribution < 1.29 is 17.7 Å². The molecule has 0 radical (unpaired) electrons. The molecule has 20 heavy (non-hydrogen) atoms. The molecule has 0 amide bonds. The number of aliphatic hydroxyl groups is 1. The second kappa shape index (κ2) is 6.26. The molecule has 2 aromatic rings. The maximum atomic E-state index is 12.1. The van der Waals surface area contributed by atoms with Crippen LogP contribution in [-0.4, -0.2) is 13.5 Å². The van der Waals surface area contributed by atoms with Crippen LogP contribution in [0, 0.1) is 0 Å². The highest BCUT2D eigenvalue weighted by atomic mass is 79.9. The Morgan fingerprint density at radius 3 is 2.10 bits per heavy atom. The van der Waals surface area contributed by atoms with Crippen LogP contribution in [0.5, 0.6) is 5.75 Å². The van der Waals surface area contributed by atoms with Crippen molar-refractivity contribution in [1.82, 2.24) is 0 Å². The SMILES string of the molecule is O=S(=O)(Oc1c(Br)cc(CO)cc1Br)c1ccccc1. The van der Waals surface area contributed by atoms with E-state index in [4.69, 9.17) is 9.29 Å². The predicted molar refractivity (Wildman–Crippen MR) is 82.0 cm³/mol. The summed E-state index contributed by atoms with van der Waals surface area (Å²) in [6, 6.07) is 11.1. The van der Waals surface area contributed by atoms with E-state index in [9.17, 15) is 8.42 Å². The molecule has 1 N–H and O–H groups in total. The highest BCUT2D eigenvalue weighted by molar-refractivity contribution is 9.11. The smallest absolute Gasteiger partial charge is 0.339 e. The molecule has 0 bridgehead atoms. The molecule has 0 aliphatic carbocycles. The number of aliphatic hydroxyl groups excluding tert-OH is 1. The summed E-state index contributed by atoms with van der Waals surface area (Å²) in [6.07, 6.45) is 0. The first-order chi connectivity index (χ1) is 9.44. The lowest BCUT2D eigenvalue weighted by atomic mass is 10.2. The Balaban J connectivity index is 2.40. The van der Waals surface area contributed by atoms with E-state index in [1.807, 2.05) is 0 Å². The van der Waals surface area contributed by atoms with E-state index in [2.05, 4.69) is 31.9 Å². The van der Waals surface area contributed by atoms with E-state index < -0.39 is 10.1 Å². The van der Waals surface area contributed by atoms with Crippen molar-refractivity contribution in [1.29, 1.82) is 0 Å². The van der Waals surface area contributed by atoms with Gasteiger partial charge in [-0.1, -0.05) is 18.2 Å². The molecule has 106 valence electrons. The van der Waals surface area contributed by atoms with Crippen LogP contribution in [-0.2, 0) is 16.7 Å². The van der Waals surface area contributed by atoms with Crippen molar-refractivity contribution in [2.45, 2.75) is 11.5 Å². The molecule has 0 unspecified atom stereocenters. The molecule has 0 saturated carbocycles. The molecule has 0 saturated heterocycles. The zero-order chi connectivity index (χ0) is 14.8. The number of rotatable bonds is 4. The van der Waals surface area contributed by atoms with Crippen molar-refractivity contribution in [3.05, 3.63) is 57.0 Å². The van der Waals surface area contributed by atoms with E-state index in [1.54, 1.807) is 30.3 Å². The molecule has 2 aromatic carbocycles. The molecule has 0 heterocycles. The van der Waals surface area contributed by atoms with Gasteiger partial charge in [0.1, 0.15) is 4.90 Å². The summed E-state index contributed by atoms with van der Waals surface area (Å²) < 4.78 is 30.3. The third-order valence-electron chi connectivity index (χ3n) is 2.47. The third kappa shape index (κ3) is 3.41. The summed E-state index contributed by atoms with van der Waals surface area (Å²) in [4.78, 5) is 0.0741. The first-order valence-corrected chi connectivity index (χ1v) is 8.52. The number of hydrogen-bond donors (Lipinski definition) is 1. The van der Waals surface area contributed by atoms with Gasteiger partial charge in [0.05, 0.1) is 15.6 Å². The van der Waals surface area contributed by atoms with Gasteiger partial charge in [-0.05, 0) is 61.7 Å². The van der Waals surface area contributed by atoms with Crippen molar-refractivity contribution in [2.24, 2.45) is 0 Å². The van der Waals surface area contributed by atoms with Crippen LogP contribution < -0.4 is 4.18 Å². The fourth-order valence-electron chi connectivity index (χ4n) is 1.53. The number of hydrogen-bond acceptors (Lipinski definition) is 4. The van der Waals surface area contributed by atoms with Crippen LogP contribution in [0.15, 0.2) is 56.3 Å². The second-order valence-corrected chi connectivity index (χ2v) is 7.15. The molecular weight excluding hydrogens is 412 g/mol. The van der Waals surface area contributed by atoms with Crippen molar-refractivity contribution >= 4 is 42.0 Å². The Labute approximate surface area is 133 Å². The molecule has 0 fully saturated rings. The number of benzene rings is 2. The summed E-state index contributed by atoms with van der Waals surface area (Å²) in [5.41, 5.74) is 0.633. The van der Waals surface area contributed by atoms with E-state index >= 15 is 0 Å². The third-order valence-corrected chi connectivity index (χ3v) is 4.88. The fraction of sp³-hybridized carbons (Fsp3) is 0.0769. The lowest BCUT2D eigenvalue weighted by molar-refractivity contribution is 0.281. The Morgan fingerprint density at radius 2 is 1.60 bits per heavy atom. The largest absolute Gasteiger partial charge is 0.392 e. The molecule has 0 aliphatic rings. The Hall–Kier alpha value is -0.890. The van der Waals surface area contributed by atoms with E-state index in [0.29, 0.717) is 14.5 Å². The second-order valence-electron chi connectivity index (χ2n) is 3.90. The molecule has 2 rings (SSSR count). The monoisotopic (exact) mass is 420 g/mol. The normalized spacial score (nSPS) is 11.3.